The third-order valence-electron chi connectivity index (χ3n) is 5.61. The van der Waals surface area contributed by atoms with Crippen LogP contribution in [0.15, 0.2) is 30.4 Å². The second-order valence-electron chi connectivity index (χ2n) is 7.40. The highest BCUT2D eigenvalue weighted by molar-refractivity contribution is 6.23. The Morgan fingerprint density at radius 2 is 1.80 bits per heavy atom. The SMILES string of the molecule is CC(=O)OC(OC(C)=O)[C@]12C=C[C@H](O1)[C@@H]1C(=O)N(c3ccc4c(c3)OCO4)C(=O)[C@@H]12. The molecule has 30 heavy (non-hydrogen) atoms. The minimum absolute atomic E-state index is 0.0569. The Morgan fingerprint density at radius 3 is 2.50 bits per heavy atom. The molecule has 2 amide bonds. The summed E-state index contributed by atoms with van der Waals surface area (Å²) in [5, 5.41) is 0. The number of carbonyl (C=O) groups is 4. The molecule has 0 aromatic heterocycles. The molecule has 1 aromatic carbocycles. The maximum Gasteiger partial charge on any atom is 0.305 e. The van der Waals surface area contributed by atoms with E-state index in [2.05, 4.69) is 0 Å². The van der Waals surface area contributed by atoms with E-state index in [1.165, 1.54) is 6.08 Å². The Hall–Kier alpha value is -3.40. The third-order valence-corrected chi connectivity index (χ3v) is 5.61. The van der Waals surface area contributed by atoms with Gasteiger partial charge in [-0.15, -0.1) is 0 Å². The van der Waals surface area contributed by atoms with E-state index in [9.17, 15) is 19.2 Å². The maximum absolute atomic E-state index is 13.4. The number of hydrogen-bond donors (Lipinski definition) is 0. The molecular formula is C20H17NO9. The molecule has 10 nitrogen and oxygen atoms in total. The molecule has 0 aliphatic carbocycles. The molecule has 10 heteroatoms. The average molecular weight is 415 g/mol. The van der Waals surface area contributed by atoms with E-state index in [-0.39, 0.29) is 6.79 Å². The number of amides is 2. The first kappa shape index (κ1) is 18.6. The van der Waals surface area contributed by atoms with Crippen molar-refractivity contribution in [3.63, 3.8) is 0 Å². The summed E-state index contributed by atoms with van der Waals surface area (Å²) in [4.78, 5) is 50.9. The molecule has 0 N–H and O–H groups in total. The number of hydrogen-bond acceptors (Lipinski definition) is 9. The normalized spacial score (nSPS) is 30.2. The van der Waals surface area contributed by atoms with E-state index in [1.807, 2.05) is 0 Å². The number of esters is 2. The smallest absolute Gasteiger partial charge is 0.305 e. The number of fused-ring (bicyclic) bond motifs is 6. The second kappa shape index (κ2) is 6.30. The monoisotopic (exact) mass is 415 g/mol. The van der Waals surface area contributed by atoms with Crippen LogP contribution in [0.2, 0.25) is 0 Å². The van der Waals surface area contributed by atoms with Crippen LogP contribution < -0.4 is 14.4 Å². The number of benzene rings is 1. The van der Waals surface area contributed by atoms with Crippen molar-refractivity contribution in [1.82, 2.24) is 0 Å². The molecule has 0 unspecified atom stereocenters. The third kappa shape index (κ3) is 2.46. The van der Waals surface area contributed by atoms with Crippen molar-refractivity contribution in [2.75, 3.05) is 11.7 Å². The number of carbonyl (C=O) groups excluding carboxylic acids is 4. The molecule has 0 saturated carbocycles. The highest BCUT2D eigenvalue weighted by Crippen LogP contribution is 2.55. The minimum Gasteiger partial charge on any atom is -0.454 e. The standard InChI is InChI=1S/C20H17NO9/c1-9(22)28-19(29-10(2)23)20-6-5-13(30-20)15-16(20)18(25)21(17(15)24)11-3-4-12-14(7-11)27-8-26-12/h3-7,13,15-16,19H,8H2,1-2H3/t13-,15-,16+,20+/m0/s1. The van der Waals surface area contributed by atoms with Crippen LogP contribution in [0.4, 0.5) is 5.69 Å². The zero-order valence-electron chi connectivity index (χ0n) is 16.0. The van der Waals surface area contributed by atoms with Gasteiger partial charge in [0.25, 0.3) is 6.29 Å². The quantitative estimate of drug-likeness (QED) is 0.303. The van der Waals surface area contributed by atoms with Crippen LogP contribution in [-0.4, -0.2) is 48.5 Å². The molecule has 5 rings (SSSR count). The van der Waals surface area contributed by atoms with E-state index in [0.29, 0.717) is 17.2 Å². The van der Waals surface area contributed by atoms with Gasteiger partial charge in [-0.05, 0) is 18.2 Å². The Bertz CT molecular complexity index is 1000. The van der Waals surface area contributed by atoms with Gasteiger partial charge in [0, 0.05) is 19.9 Å². The van der Waals surface area contributed by atoms with Crippen LogP contribution in [0.3, 0.4) is 0 Å². The summed E-state index contributed by atoms with van der Waals surface area (Å²) in [6.45, 7) is 2.36. The molecule has 4 aliphatic rings. The van der Waals surface area contributed by atoms with Crippen LogP contribution in [0.1, 0.15) is 13.8 Å². The zero-order chi connectivity index (χ0) is 21.2. The van der Waals surface area contributed by atoms with E-state index >= 15 is 0 Å². The fourth-order valence-corrected chi connectivity index (χ4v) is 4.50. The first-order valence-electron chi connectivity index (χ1n) is 9.31. The molecule has 4 heterocycles. The molecule has 4 aliphatic heterocycles. The van der Waals surface area contributed by atoms with Gasteiger partial charge in [-0.2, -0.15) is 0 Å². The number of anilines is 1. The fraction of sp³-hybridized carbons (Fsp3) is 0.400. The average Bonchev–Trinajstić information content (AvgIpc) is 3.43. The summed E-state index contributed by atoms with van der Waals surface area (Å²) in [6.07, 6.45) is 0.940. The molecule has 4 atom stereocenters. The Labute approximate surface area is 170 Å². The lowest BCUT2D eigenvalue weighted by Crippen LogP contribution is -2.52. The molecule has 156 valence electrons. The maximum atomic E-state index is 13.4. The highest BCUT2D eigenvalue weighted by Gasteiger charge is 2.72. The molecule has 0 radical (unpaired) electrons. The van der Waals surface area contributed by atoms with Crippen molar-refractivity contribution in [2.24, 2.45) is 11.8 Å². The molecule has 0 spiro atoms. The van der Waals surface area contributed by atoms with Gasteiger partial charge in [0.1, 0.15) is 0 Å². The Balaban J connectivity index is 1.53. The summed E-state index contributed by atoms with van der Waals surface area (Å²) in [5.41, 5.74) is -1.25. The largest absolute Gasteiger partial charge is 0.454 e. The first-order valence-corrected chi connectivity index (χ1v) is 9.31. The van der Waals surface area contributed by atoms with Gasteiger partial charge in [0.05, 0.1) is 23.6 Å². The van der Waals surface area contributed by atoms with Crippen LogP contribution in [0.25, 0.3) is 0 Å². The minimum atomic E-state index is -1.58. The predicted octanol–water partition coefficient (Wildman–Crippen LogP) is 0.681. The van der Waals surface area contributed by atoms with Crippen molar-refractivity contribution in [2.45, 2.75) is 31.8 Å². The van der Waals surface area contributed by atoms with Gasteiger partial charge in [0.15, 0.2) is 17.1 Å². The molecule has 2 fully saturated rings. The van der Waals surface area contributed by atoms with Crippen molar-refractivity contribution >= 4 is 29.4 Å². The van der Waals surface area contributed by atoms with E-state index < -0.39 is 53.6 Å². The van der Waals surface area contributed by atoms with Gasteiger partial charge in [-0.25, -0.2) is 4.90 Å². The van der Waals surface area contributed by atoms with Gasteiger partial charge in [-0.1, -0.05) is 6.08 Å². The van der Waals surface area contributed by atoms with Gasteiger partial charge < -0.3 is 23.7 Å². The molecular weight excluding hydrogens is 398 g/mol. The van der Waals surface area contributed by atoms with Crippen LogP contribution >= 0.6 is 0 Å². The molecule has 2 bridgehead atoms. The lowest BCUT2D eigenvalue weighted by Gasteiger charge is -2.34. The summed E-state index contributed by atoms with van der Waals surface area (Å²) in [6, 6.07) is 4.76. The fourth-order valence-electron chi connectivity index (χ4n) is 4.50. The summed E-state index contributed by atoms with van der Waals surface area (Å²) < 4.78 is 26.9. The van der Waals surface area contributed by atoms with E-state index in [1.54, 1.807) is 24.3 Å². The van der Waals surface area contributed by atoms with Gasteiger partial charge >= 0.3 is 11.9 Å². The van der Waals surface area contributed by atoms with Gasteiger partial charge in [0.2, 0.25) is 18.6 Å². The van der Waals surface area contributed by atoms with Crippen LogP contribution in [0.5, 0.6) is 11.5 Å². The summed E-state index contributed by atoms with van der Waals surface area (Å²) >= 11 is 0. The Kier molecular flexibility index (Phi) is 3.91. The number of imide groups is 1. The lowest BCUT2D eigenvalue weighted by molar-refractivity contribution is -0.226. The van der Waals surface area contributed by atoms with E-state index in [4.69, 9.17) is 23.7 Å². The topological polar surface area (TPSA) is 118 Å². The molecule has 1 aromatic rings. The van der Waals surface area contributed by atoms with E-state index in [0.717, 1.165) is 18.7 Å². The van der Waals surface area contributed by atoms with Crippen LogP contribution in [-0.2, 0) is 33.4 Å². The van der Waals surface area contributed by atoms with Crippen LogP contribution in [0, 0.1) is 11.8 Å². The van der Waals surface area contributed by atoms with Crippen molar-refractivity contribution in [3.8, 4) is 11.5 Å². The lowest BCUT2D eigenvalue weighted by atomic mass is 9.76. The number of ether oxygens (including phenoxy) is 5. The number of rotatable bonds is 4. The summed E-state index contributed by atoms with van der Waals surface area (Å²) in [5.74, 6) is -3.34. The Morgan fingerprint density at radius 1 is 1.10 bits per heavy atom. The highest BCUT2D eigenvalue weighted by atomic mass is 16.7. The van der Waals surface area contributed by atoms with Gasteiger partial charge in [-0.3, -0.25) is 19.2 Å². The summed E-state index contributed by atoms with van der Waals surface area (Å²) in [7, 11) is 0. The van der Waals surface area contributed by atoms with Crippen molar-refractivity contribution < 1.29 is 42.9 Å². The number of nitrogens with zero attached hydrogens (tertiary/aromatic N) is 1. The predicted molar refractivity (Wildman–Crippen MR) is 96.1 cm³/mol. The second-order valence-corrected chi connectivity index (χ2v) is 7.40. The first-order chi connectivity index (χ1) is 14.3. The molecule has 2 saturated heterocycles. The van der Waals surface area contributed by atoms with Crippen molar-refractivity contribution in [1.29, 1.82) is 0 Å². The van der Waals surface area contributed by atoms with Crippen molar-refractivity contribution in [3.05, 3.63) is 30.4 Å². The zero-order valence-corrected chi connectivity index (χ0v) is 16.0.